The number of benzene rings is 1. The number of urea groups is 1. The Morgan fingerprint density at radius 2 is 2.37 bits per heavy atom. The zero-order valence-electron chi connectivity index (χ0n) is 10.9. The van der Waals surface area contributed by atoms with Crippen LogP contribution in [-0.2, 0) is 6.42 Å². The Morgan fingerprint density at radius 1 is 1.58 bits per heavy atom. The van der Waals surface area contributed by atoms with Crippen molar-refractivity contribution in [2.24, 2.45) is 0 Å². The minimum atomic E-state index is -0.330. The number of amides is 2. The number of rotatable bonds is 3. The summed E-state index contributed by atoms with van der Waals surface area (Å²) in [5, 5.41) is 14.4. The molecule has 3 N–H and O–H groups in total. The molecule has 0 spiro atoms. The number of hydrogen-bond acceptors (Lipinski definition) is 2. The number of nitrogens with one attached hydrogen (secondary N) is 2. The van der Waals surface area contributed by atoms with Crippen LogP contribution < -0.4 is 10.6 Å². The SMILES string of the molecule is C[C@@H](CO)NC(=O)NC1CCCc2ccc(F)cc21. The molecule has 4 nitrogen and oxygen atoms in total. The quantitative estimate of drug-likeness (QED) is 0.782. The minimum Gasteiger partial charge on any atom is -0.394 e. The van der Waals surface area contributed by atoms with Crippen molar-refractivity contribution in [3.63, 3.8) is 0 Å². The lowest BCUT2D eigenvalue weighted by molar-refractivity contribution is 0.216. The number of carbonyl (C=O) groups is 1. The molecule has 0 bridgehead atoms. The van der Waals surface area contributed by atoms with Gasteiger partial charge in [0.2, 0.25) is 0 Å². The van der Waals surface area contributed by atoms with Crippen LogP contribution in [0.5, 0.6) is 0 Å². The lowest BCUT2D eigenvalue weighted by atomic mass is 9.87. The van der Waals surface area contributed by atoms with Crippen molar-refractivity contribution >= 4 is 6.03 Å². The van der Waals surface area contributed by atoms with Crippen LogP contribution >= 0.6 is 0 Å². The molecule has 0 radical (unpaired) electrons. The average Bonchev–Trinajstić information content (AvgIpc) is 2.39. The van der Waals surface area contributed by atoms with Crippen LogP contribution in [0.15, 0.2) is 18.2 Å². The third-order valence-corrected chi connectivity index (χ3v) is 3.38. The van der Waals surface area contributed by atoms with E-state index in [-0.39, 0.29) is 30.5 Å². The molecule has 1 aromatic carbocycles. The smallest absolute Gasteiger partial charge is 0.315 e. The first kappa shape index (κ1) is 13.8. The van der Waals surface area contributed by atoms with E-state index >= 15 is 0 Å². The summed E-state index contributed by atoms with van der Waals surface area (Å²) in [7, 11) is 0. The third-order valence-electron chi connectivity index (χ3n) is 3.38. The second kappa shape index (κ2) is 6.02. The molecule has 0 saturated heterocycles. The van der Waals surface area contributed by atoms with Gasteiger partial charge in [0.05, 0.1) is 18.7 Å². The van der Waals surface area contributed by atoms with E-state index in [1.807, 2.05) is 0 Å². The second-order valence-electron chi connectivity index (χ2n) is 4.99. The normalized spacial score (nSPS) is 19.4. The maximum absolute atomic E-state index is 13.3. The maximum Gasteiger partial charge on any atom is 0.315 e. The first-order chi connectivity index (χ1) is 9.10. The summed E-state index contributed by atoms with van der Waals surface area (Å²) in [6.45, 7) is 1.61. The zero-order valence-corrected chi connectivity index (χ0v) is 10.9. The Labute approximate surface area is 112 Å². The summed E-state index contributed by atoms with van der Waals surface area (Å²) in [4.78, 5) is 11.7. The highest BCUT2D eigenvalue weighted by Crippen LogP contribution is 2.30. The highest BCUT2D eigenvalue weighted by molar-refractivity contribution is 5.74. The van der Waals surface area contributed by atoms with Crippen LogP contribution in [0.25, 0.3) is 0 Å². The molecule has 1 aliphatic carbocycles. The number of aliphatic hydroxyl groups is 1. The van der Waals surface area contributed by atoms with Crippen molar-refractivity contribution in [1.29, 1.82) is 0 Å². The largest absolute Gasteiger partial charge is 0.394 e. The van der Waals surface area contributed by atoms with E-state index in [1.54, 1.807) is 13.0 Å². The van der Waals surface area contributed by atoms with Gasteiger partial charge in [-0.3, -0.25) is 0 Å². The summed E-state index contributed by atoms with van der Waals surface area (Å²) in [6, 6.07) is 3.95. The highest BCUT2D eigenvalue weighted by Gasteiger charge is 2.22. The molecule has 0 heterocycles. The fourth-order valence-corrected chi connectivity index (χ4v) is 2.39. The predicted octanol–water partition coefficient (Wildman–Crippen LogP) is 1.88. The van der Waals surface area contributed by atoms with Gasteiger partial charge in [-0.25, -0.2) is 9.18 Å². The van der Waals surface area contributed by atoms with E-state index < -0.39 is 0 Å². The van der Waals surface area contributed by atoms with Crippen LogP contribution in [0.2, 0.25) is 0 Å². The summed E-state index contributed by atoms with van der Waals surface area (Å²) < 4.78 is 13.3. The summed E-state index contributed by atoms with van der Waals surface area (Å²) in [5.41, 5.74) is 1.95. The topological polar surface area (TPSA) is 61.4 Å². The lowest BCUT2D eigenvalue weighted by Crippen LogP contribution is -2.44. The van der Waals surface area contributed by atoms with E-state index in [2.05, 4.69) is 10.6 Å². The van der Waals surface area contributed by atoms with Crippen molar-refractivity contribution in [2.75, 3.05) is 6.61 Å². The van der Waals surface area contributed by atoms with E-state index in [4.69, 9.17) is 5.11 Å². The molecule has 19 heavy (non-hydrogen) atoms. The fourth-order valence-electron chi connectivity index (χ4n) is 2.39. The Morgan fingerprint density at radius 3 is 3.11 bits per heavy atom. The van der Waals surface area contributed by atoms with Crippen molar-refractivity contribution in [2.45, 2.75) is 38.3 Å². The van der Waals surface area contributed by atoms with Gasteiger partial charge in [0.15, 0.2) is 0 Å². The van der Waals surface area contributed by atoms with Gasteiger partial charge in [0, 0.05) is 0 Å². The number of hydrogen-bond donors (Lipinski definition) is 3. The molecule has 1 aliphatic rings. The molecule has 0 fully saturated rings. The molecule has 5 heteroatoms. The molecule has 2 atom stereocenters. The van der Waals surface area contributed by atoms with E-state index in [1.165, 1.54) is 12.1 Å². The third kappa shape index (κ3) is 3.44. The van der Waals surface area contributed by atoms with Gasteiger partial charge in [-0.15, -0.1) is 0 Å². The van der Waals surface area contributed by atoms with E-state index in [0.29, 0.717) is 0 Å². The Hall–Kier alpha value is -1.62. The zero-order chi connectivity index (χ0) is 13.8. The molecule has 0 aliphatic heterocycles. The van der Waals surface area contributed by atoms with Crippen LogP contribution in [0.1, 0.15) is 36.9 Å². The second-order valence-corrected chi connectivity index (χ2v) is 4.99. The van der Waals surface area contributed by atoms with Gasteiger partial charge >= 0.3 is 6.03 Å². The van der Waals surface area contributed by atoms with Gasteiger partial charge in [-0.05, 0) is 49.4 Å². The summed E-state index contributed by atoms with van der Waals surface area (Å²) >= 11 is 0. The van der Waals surface area contributed by atoms with Gasteiger partial charge in [0.25, 0.3) is 0 Å². The Bertz CT molecular complexity index is 465. The number of aliphatic hydroxyl groups excluding tert-OH is 1. The molecule has 0 aromatic heterocycles. The molecule has 104 valence electrons. The molecule has 2 amide bonds. The molecular weight excluding hydrogens is 247 g/mol. The predicted molar refractivity (Wildman–Crippen MR) is 70.3 cm³/mol. The minimum absolute atomic E-state index is 0.108. The molecule has 2 rings (SSSR count). The van der Waals surface area contributed by atoms with E-state index in [9.17, 15) is 9.18 Å². The van der Waals surface area contributed by atoms with Crippen LogP contribution in [-0.4, -0.2) is 23.8 Å². The van der Waals surface area contributed by atoms with Crippen molar-refractivity contribution < 1.29 is 14.3 Å². The highest BCUT2D eigenvalue weighted by atomic mass is 19.1. The summed E-state index contributed by atoms with van der Waals surface area (Å²) in [5.74, 6) is -0.281. The van der Waals surface area contributed by atoms with Crippen molar-refractivity contribution in [3.05, 3.63) is 35.1 Å². The van der Waals surface area contributed by atoms with E-state index in [0.717, 1.165) is 30.4 Å². The van der Waals surface area contributed by atoms with Crippen LogP contribution in [0, 0.1) is 5.82 Å². The first-order valence-corrected chi connectivity index (χ1v) is 6.56. The monoisotopic (exact) mass is 266 g/mol. The molecule has 1 unspecified atom stereocenters. The lowest BCUT2D eigenvalue weighted by Gasteiger charge is -2.27. The van der Waals surface area contributed by atoms with Gasteiger partial charge in [-0.1, -0.05) is 6.07 Å². The molecule has 1 aromatic rings. The number of fused-ring (bicyclic) bond motifs is 1. The molecule has 0 saturated carbocycles. The number of aryl methyl sites for hydroxylation is 1. The Balaban J connectivity index is 2.07. The Kier molecular flexibility index (Phi) is 4.37. The first-order valence-electron chi connectivity index (χ1n) is 6.56. The van der Waals surface area contributed by atoms with Crippen molar-refractivity contribution in [1.82, 2.24) is 10.6 Å². The fraction of sp³-hybridized carbons (Fsp3) is 0.500. The van der Waals surface area contributed by atoms with Crippen LogP contribution in [0.3, 0.4) is 0 Å². The van der Waals surface area contributed by atoms with Crippen molar-refractivity contribution in [3.8, 4) is 0 Å². The summed E-state index contributed by atoms with van der Waals surface area (Å²) in [6.07, 6.45) is 2.69. The van der Waals surface area contributed by atoms with Gasteiger partial charge in [-0.2, -0.15) is 0 Å². The van der Waals surface area contributed by atoms with Gasteiger partial charge < -0.3 is 15.7 Å². The standard InChI is InChI=1S/C14H19FN2O2/c1-9(8-18)16-14(19)17-13-4-2-3-10-5-6-11(15)7-12(10)13/h5-7,9,13,18H,2-4,8H2,1H3,(H2,16,17,19)/t9-,13?/m0/s1. The number of halogens is 1. The molecular formula is C14H19FN2O2. The number of carbonyl (C=O) groups excluding carboxylic acids is 1. The van der Waals surface area contributed by atoms with Crippen LogP contribution in [0.4, 0.5) is 9.18 Å². The maximum atomic E-state index is 13.3. The van der Waals surface area contributed by atoms with Gasteiger partial charge in [0.1, 0.15) is 5.82 Å². The average molecular weight is 266 g/mol.